The molecule has 0 aliphatic heterocycles. The molecule has 0 radical (unpaired) electrons. The largest absolute Gasteiger partial charge is 0.349 e. The summed E-state index contributed by atoms with van der Waals surface area (Å²) in [7, 11) is 0. The molecule has 0 saturated heterocycles. The molecule has 0 fully saturated rings. The van der Waals surface area contributed by atoms with Crippen LogP contribution in [-0.2, 0) is 24.1 Å². The lowest BCUT2D eigenvalue weighted by molar-refractivity contribution is -0.121. The highest BCUT2D eigenvalue weighted by atomic mass is 16.1. The predicted octanol–water partition coefficient (Wildman–Crippen LogP) is 3.90. The van der Waals surface area contributed by atoms with E-state index in [2.05, 4.69) is 37.4 Å². The van der Waals surface area contributed by atoms with Gasteiger partial charge in [0, 0.05) is 0 Å². The zero-order valence-corrected chi connectivity index (χ0v) is 13.4. The molecular formula is C20H23NO. The van der Waals surface area contributed by atoms with Gasteiger partial charge in [-0.05, 0) is 55.4 Å². The minimum Gasteiger partial charge on any atom is -0.349 e. The second-order valence-corrected chi connectivity index (χ2v) is 6.33. The molecule has 1 aliphatic carbocycles. The molecule has 3 rings (SSSR count). The standard InChI is InChI=1S/C20H23NO/c1-14-6-8-16(9-7-14)12-20(22)21-15(2)18-11-10-17-4-3-5-19(17)13-18/h6-11,13,15H,3-5,12H2,1-2H3,(H,21,22)/t15-/m1/s1. The molecule has 114 valence electrons. The average molecular weight is 293 g/mol. The molecule has 2 heteroatoms. The monoisotopic (exact) mass is 293 g/mol. The zero-order valence-electron chi connectivity index (χ0n) is 13.4. The quantitative estimate of drug-likeness (QED) is 0.910. The van der Waals surface area contributed by atoms with E-state index in [1.165, 1.54) is 41.5 Å². The van der Waals surface area contributed by atoms with E-state index in [0.717, 1.165) is 5.56 Å². The van der Waals surface area contributed by atoms with Crippen LogP contribution in [0.1, 0.15) is 47.2 Å². The fraction of sp³-hybridized carbons (Fsp3) is 0.350. The lowest BCUT2D eigenvalue weighted by Crippen LogP contribution is -2.28. The zero-order chi connectivity index (χ0) is 15.5. The summed E-state index contributed by atoms with van der Waals surface area (Å²) in [5, 5.41) is 3.11. The van der Waals surface area contributed by atoms with Crippen LogP contribution in [0, 0.1) is 6.92 Å². The van der Waals surface area contributed by atoms with E-state index in [4.69, 9.17) is 0 Å². The van der Waals surface area contributed by atoms with Crippen molar-refractivity contribution in [2.24, 2.45) is 0 Å². The van der Waals surface area contributed by atoms with E-state index in [-0.39, 0.29) is 11.9 Å². The number of fused-ring (bicyclic) bond motifs is 1. The smallest absolute Gasteiger partial charge is 0.224 e. The van der Waals surface area contributed by atoms with Gasteiger partial charge in [-0.2, -0.15) is 0 Å². The van der Waals surface area contributed by atoms with Crippen molar-refractivity contribution in [3.63, 3.8) is 0 Å². The molecular weight excluding hydrogens is 270 g/mol. The van der Waals surface area contributed by atoms with Gasteiger partial charge in [0.15, 0.2) is 0 Å². The number of benzene rings is 2. The summed E-state index contributed by atoms with van der Waals surface area (Å²) >= 11 is 0. The van der Waals surface area contributed by atoms with Crippen LogP contribution in [0.2, 0.25) is 0 Å². The Morgan fingerprint density at radius 1 is 1.09 bits per heavy atom. The summed E-state index contributed by atoms with van der Waals surface area (Å²) in [5.74, 6) is 0.0804. The van der Waals surface area contributed by atoms with Gasteiger partial charge in [-0.15, -0.1) is 0 Å². The van der Waals surface area contributed by atoms with E-state index in [1.807, 2.05) is 24.3 Å². The second kappa shape index (κ2) is 6.35. The maximum Gasteiger partial charge on any atom is 0.224 e. The van der Waals surface area contributed by atoms with Crippen molar-refractivity contribution in [1.82, 2.24) is 5.32 Å². The van der Waals surface area contributed by atoms with Gasteiger partial charge in [0.2, 0.25) is 5.91 Å². The number of nitrogens with one attached hydrogen (secondary N) is 1. The van der Waals surface area contributed by atoms with Crippen LogP contribution in [0.3, 0.4) is 0 Å². The number of hydrogen-bond acceptors (Lipinski definition) is 1. The van der Waals surface area contributed by atoms with E-state index in [1.54, 1.807) is 0 Å². The van der Waals surface area contributed by atoms with Crippen molar-refractivity contribution in [2.45, 2.75) is 45.6 Å². The lowest BCUT2D eigenvalue weighted by Gasteiger charge is -2.16. The summed E-state index contributed by atoms with van der Waals surface area (Å²) in [6.45, 7) is 4.11. The molecule has 1 atom stereocenters. The van der Waals surface area contributed by atoms with Gasteiger partial charge in [0.1, 0.15) is 0 Å². The summed E-state index contributed by atoms with van der Waals surface area (Å²) in [5.41, 5.74) is 6.41. The van der Waals surface area contributed by atoms with Crippen LogP contribution in [0.25, 0.3) is 0 Å². The summed E-state index contributed by atoms with van der Waals surface area (Å²) in [4.78, 5) is 12.2. The van der Waals surface area contributed by atoms with Crippen molar-refractivity contribution in [1.29, 1.82) is 0 Å². The normalized spacial score (nSPS) is 14.5. The Kier molecular flexibility index (Phi) is 4.28. The molecule has 2 nitrogen and oxygen atoms in total. The lowest BCUT2D eigenvalue weighted by atomic mass is 10.0. The van der Waals surface area contributed by atoms with E-state index >= 15 is 0 Å². The topological polar surface area (TPSA) is 29.1 Å². The average Bonchev–Trinajstić information content (AvgIpc) is 2.97. The number of rotatable bonds is 4. The van der Waals surface area contributed by atoms with Crippen molar-refractivity contribution in [3.05, 3.63) is 70.3 Å². The number of hydrogen-bond donors (Lipinski definition) is 1. The molecule has 0 spiro atoms. The van der Waals surface area contributed by atoms with Crippen LogP contribution in [0.4, 0.5) is 0 Å². The highest BCUT2D eigenvalue weighted by molar-refractivity contribution is 5.79. The first-order chi connectivity index (χ1) is 10.6. The first kappa shape index (κ1) is 14.8. The van der Waals surface area contributed by atoms with Crippen LogP contribution in [0.15, 0.2) is 42.5 Å². The minimum atomic E-state index is 0.0591. The molecule has 0 unspecified atom stereocenters. The van der Waals surface area contributed by atoms with E-state index < -0.39 is 0 Å². The second-order valence-electron chi connectivity index (χ2n) is 6.33. The molecule has 1 aliphatic rings. The highest BCUT2D eigenvalue weighted by Gasteiger charge is 2.15. The number of carbonyl (C=O) groups is 1. The van der Waals surface area contributed by atoms with Gasteiger partial charge >= 0.3 is 0 Å². The predicted molar refractivity (Wildman–Crippen MR) is 89.9 cm³/mol. The molecule has 1 N–H and O–H groups in total. The van der Waals surface area contributed by atoms with Crippen molar-refractivity contribution in [2.75, 3.05) is 0 Å². The summed E-state index contributed by atoms with van der Waals surface area (Å²) in [6.07, 6.45) is 4.07. The Balaban J connectivity index is 1.62. The van der Waals surface area contributed by atoms with Crippen LogP contribution >= 0.6 is 0 Å². The molecule has 0 bridgehead atoms. The molecule has 0 aromatic heterocycles. The Bertz CT molecular complexity index is 673. The molecule has 1 amide bonds. The third kappa shape index (κ3) is 3.38. The summed E-state index contributed by atoms with van der Waals surface area (Å²) in [6, 6.07) is 14.8. The van der Waals surface area contributed by atoms with Crippen LogP contribution in [0.5, 0.6) is 0 Å². The first-order valence-electron chi connectivity index (χ1n) is 8.08. The fourth-order valence-electron chi connectivity index (χ4n) is 3.13. The fourth-order valence-corrected chi connectivity index (χ4v) is 3.13. The number of amides is 1. The SMILES string of the molecule is Cc1ccc(CC(=O)N[C@H](C)c2ccc3c(c2)CCC3)cc1. The Morgan fingerprint density at radius 3 is 2.59 bits per heavy atom. The maximum atomic E-state index is 12.2. The van der Waals surface area contributed by atoms with Crippen molar-refractivity contribution < 1.29 is 4.79 Å². The van der Waals surface area contributed by atoms with Crippen LogP contribution < -0.4 is 5.32 Å². The molecule has 0 saturated carbocycles. The van der Waals surface area contributed by atoms with Gasteiger partial charge in [-0.1, -0.05) is 48.0 Å². The highest BCUT2D eigenvalue weighted by Crippen LogP contribution is 2.25. The van der Waals surface area contributed by atoms with Crippen molar-refractivity contribution in [3.8, 4) is 0 Å². The minimum absolute atomic E-state index is 0.0591. The van der Waals surface area contributed by atoms with E-state index in [9.17, 15) is 4.79 Å². The van der Waals surface area contributed by atoms with E-state index in [0.29, 0.717) is 6.42 Å². The molecule has 2 aromatic rings. The number of carbonyl (C=O) groups excluding carboxylic acids is 1. The van der Waals surface area contributed by atoms with Gasteiger partial charge < -0.3 is 5.32 Å². The first-order valence-corrected chi connectivity index (χ1v) is 8.08. The van der Waals surface area contributed by atoms with Gasteiger partial charge in [0.05, 0.1) is 12.5 Å². The third-order valence-electron chi connectivity index (χ3n) is 4.49. The Hall–Kier alpha value is -2.09. The Morgan fingerprint density at radius 2 is 1.82 bits per heavy atom. The van der Waals surface area contributed by atoms with Gasteiger partial charge in [-0.3, -0.25) is 4.79 Å². The Labute approximate surface area is 132 Å². The van der Waals surface area contributed by atoms with Crippen LogP contribution in [-0.4, -0.2) is 5.91 Å². The third-order valence-corrected chi connectivity index (χ3v) is 4.49. The van der Waals surface area contributed by atoms with Crippen molar-refractivity contribution >= 4 is 5.91 Å². The summed E-state index contributed by atoms with van der Waals surface area (Å²) < 4.78 is 0. The maximum absolute atomic E-state index is 12.2. The number of aryl methyl sites for hydroxylation is 3. The molecule has 22 heavy (non-hydrogen) atoms. The molecule has 2 aromatic carbocycles. The van der Waals surface area contributed by atoms with Gasteiger partial charge in [0.25, 0.3) is 0 Å². The molecule has 0 heterocycles. The van der Waals surface area contributed by atoms with Gasteiger partial charge in [-0.25, -0.2) is 0 Å².